The van der Waals surface area contributed by atoms with Crippen molar-refractivity contribution in [3.8, 4) is 0 Å². The molecule has 0 aromatic carbocycles. The molecule has 0 radical (unpaired) electrons. The zero-order valence-corrected chi connectivity index (χ0v) is 8.54. The van der Waals surface area contributed by atoms with Crippen LogP contribution in [0, 0.1) is 5.92 Å². The minimum Gasteiger partial charge on any atom is -0.547 e. The van der Waals surface area contributed by atoms with Crippen LogP contribution in [0.15, 0.2) is 0 Å². The van der Waals surface area contributed by atoms with Crippen LogP contribution in [-0.2, 0) is 4.79 Å². The predicted molar refractivity (Wildman–Crippen MR) is 36.2 cm³/mol. The fraction of sp³-hybridized carbons (Fsp3) is 0.833. The van der Waals surface area contributed by atoms with Gasteiger partial charge in [-0.1, -0.05) is 20.3 Å². The molecule has 0 amide bonds. The Morgan fingerprint density at radius 2 is 2.10 bits per heavy atom. The summed E-state index contributed by atoms with van der Waals surface area (Å²) >= 11 is 0. The van der Waals surface area contributed by atoms with Crippen LogP contribution < -0.4 is 5.11 Å². The average molecular weight is 171 g/mol. The first-order chi connectivity index (χ1) is 4.09. The van der Waals surface area contributed by atoms with E-state index in [1.54, 1.807) is 6.92 Å². The molecule has 0 aliphatic carbocycles. The largest absolute Gasteiger partial charge is 2.00 e. The van der Waals surface area contributed by atoms with E-state index in [9.17, 15) is 9.90 Å². The number of aliphatic hydroxyl groups excluding tert-OH is 1. The molecule has 0 aromatic heterocycles. The van der Waals surface area contributed by atoms with E-state index >= 15 is 0 Å². The Morgan fingerprint density at radius 3 is 2.20 bits per heavy atom. The van der Waals surface area contributed by atoms with Crippen LogP contribution in [0.2, 0.25) is 0 Å². The number of rotatable bonds is 3. The number of aliphatic hydroxyl groups is 1. The van der Waals surface area contributed by atoms with Crippen molar-refractivity contribution in [2.75, 3.05) is 0 Å². The molecule has 1 N–H and O–H groups in total. The van der Waals surface area contributed by atoms with Gasteiger partial charge in [-0.25, -0.2) is 0 Å². The van der Waals surface area contributed by atoms with Gasteiger partial charge < -0.3 is 15.0 Å². The molecule has 54 valence electrons. The number of carboxylic acid groups (broad SMARTS) is 1. The van der Waals surface area contributed by atoms with Gasteiger partial charge in [-0.15, -0.1) is 0 Å². The van der Waals surface area contributed by atoms with E-state index in [0.29, 0.717) is 6.42 Å². The van der Waals surface area contributed by atoms with E-state index in [-0.39, 0.29) is 43.7 Å². The molecule has 0 heterocycles. The first kappa shape index (κ1) is 13.3. The molecular formula is C6H11CaO3+. The minimum atomic E-state index is -1.38. The molecule has 0 saturated carbocycles. The van der Waals surface area contributed by atoms with Gasteiger partial charge in [0, 0.05) is 0 Å². The third-order valence-corrected chi connectivity index (χ3v) is 1.42. The molecule has 2 atom stereocenters. The van der Waals surface area contributed by atoms with E-state index in [1.165, 1.54) is 0 Å². The summed E-state index contributed by atoms with van der Waals surface area (Å²) in [4.78, 5) is 9.94. The van der Waals surface area contributed by atoms with Crippen molar-refractivity contribution < 1.29 is 15.0 Å². The summed E-state index contributed by atoms with van der Waals surface area (Å²) in [5, 5.41) is 18.7. The molecule has 0 aromatic rings. The summed E-state index contributed by atoms with van der Waals surface area (Å²) in [6.07, 6.45) is -0.662. The number of hydrogen-bond donors (Lipinski definition) is 1. The summed E-state index contributed by atoms with van der Waals surface area (Å²) < 4.78 is 0. The second-order valence-electron chi connectivity index (χ2n) is 2.15. The van der Waals surface area contributed by atoms with E-state index in [2.05, 4.69) is 0 Å². The molecule has 0 rings (SSSR count). The molecule has 2 unspecified atom stereocenters. The molecule has 0 fully saturated rings. The maximum absolute atomic E-state index is 9.94. The zero-order chi connectivity index (χ0) is 7.44. The fourth-order valence-electron chi connectivity index (χ4n) is 0.456. The second-order valence-corrected chi connectivity index (χ2v) is 2.15. The molecule has 0 aliphatic rings. The summed E-state index contributed by atoms with van der Waals surface area (Å²) in [6.45, 7) is 3.48. The normalized spacial score (nSPS) is 15.1. The van der Waals surface area contributed by atoms with Gasteiger partial charge in [-0.2, -0.15) is 0 Å². The summed E-state index contributed by atoms with van der Waals surface area (Å²) in [5.74, 6) is -1.60. The quantitative estimate of drug-likeness (QED) is 0.540. The molecule has 0 saturated heterocycles. The first-order valence-electron chi connectivity index (χ1n) is 2.98. The van der Waals surface area contributed by atoms with Gasteiger partial charge in [0.2, 0.25) is 0 Å². The average Bonchev–Trinajstić information content (AvgIpc) is 1.84. The maximum atomic E-state index is 9.94. The van der Waals surface area contributed by atoms with Gasteiger partial charge in [0.05, 0.1) is 12.1 Å². The summed E-state index contributed by atoms with van der Waals surface area (Å²) in [5.41, 5.74) is 0. The number of carbonyl (C=O) groups excluding carboxylic acids is 1. The van der Waals surface area contributed by atoms with Crippen LogP contribution in [0.4, 0.5) is 0 Å². The van der Waals surface area contributed by atoms with Crippen molar-refractivity contribution >= 4 is 43.7 Å². The number of carbonyl (C=O) groups is 1. The van der Waals surface area contributed by atoms with E-state index in [1.807, 2.05) is 6.92 Å². The number of hydrogen-bond acceptors (Lipinski definition) is 3. The maximum Gasteiger partial charge on any atom is 2.00 e. The SMILES string of the molecule is CCC(C)C(O)C(=O)[O-].[Ca+2]. The van der Waals surface area contributed by atoms with Crippen LogP contribution in [0.25, 0.3) is 0 Å². The van der Waals surface area contributed by atoms with Gasteiger partial charge in [0.1, 0.15) is 0 Å². The van der Waals surface area contributed by atoms with Gasteiger partial charge >= 0.3 is 37.7 Å². The van der Waals surface area contributed by atoms with Crippen LogP contribution >= 0.6 is 0 Å². The Hall–Kier alpha value is 0.690. The number of aliphatic carboxylic acids is 1. The molecule has 10 heavy (non-hydrogen) atoms. The minimum absolute atomic E-state index is 0. The Bertz CT molecular complexity index is 105. The van der Waals surface area contributed by atoms with Crippen molar-refractivity contribution in [2.24, 2.45) is 5.92 Å². The standard InChI is InChI=1S/C6H12O3.Ca/c1-3-4(2)5(7)6(8)9;/h4-5,7H,3H2,1-2H3,(H,8,9);/q;+2/p-1. The van der Waals surface area contributed by atoms with Crippen LogP contribution in [0.5, 0.6) is 0 Å². The summed E-state index contributed by atoms with van der Waals surface area (Å²) in [7, 11) is 0. The molecule has 0 bridgehead atoms. The zero-order valence-electron chi connectivity index (χ0n) is 6.33. The van der Waals surface area contributed by atoms with Gasteiger partial charge in [-0.3, -0.25) is 0 Å². The molecule has 3 nitrogen and oxygen atoms in total. The Morgan fingerprint density at radius 1 is 1.70 bits per heavy atom. The predicted octanol–water partition coefficient (Wildman–Crippen LogP) is -1.24. The topological polar surface area (TPSA) is 60.4 Å². The van der Waals surface area contributed by atoms with Crippen molar-refractivity contribution in [2.45, 2.75) is 26.4 Å². The Balaban J connectivity index is 0. The van der Waals surface area contributed by atoms with Gasteiger partial charge in [0.25, 0.3) is 0 Å². The van der Waals surface area contributed by atoms with E-state index in [4.69, 9.17) is 5.11 Å². The van der Waals surface area contributed by atoms with Gasteiger partial charge in [0.15, 0.2) is 0 Å². The molecule has 4 heteroatoms. The molecular weight excluding hydrogens is 160 g/mol. The van der Waals surface area contributed by atoms with Crippen LogP contribution in [-0.4, -0.2) is 54.9 Å². The third-order valence-electron chi connectivity index (χ3n) is 1.42. The van der Waals surface area contributed by atoms with Crippen LogP contribution in [0.3, 0.4) is 0 Å². The summed E-state index contributed by atoms with van der Waals surface area (Å²) in [6, 6.07) is 0. The monoisotopic (exact) mass is 171 g/mol. The van der Waals surface area contributed by atoms with Gasteiger partial charge in [-0.05, 0) is 5.92 Å². The molecule has 0 aliphatic heterocycles. The first-order valence-corrected chi connectivity index (χ1v) is 2.98. The Kier molecular flexibility index (Phi) is 8.51. The van der Waals surface area contributed by atoms with Crippen molar-refractivity contribution in [3.63, 3.8) is 0 Å². The second kappa shape index (κ2) is 6.40. The van der Waals surface area contributed by atoms with Crippen molar-refractivity contribution in [1.29, 1.82) is 0 Å². The van der Waals surface area contributed by atoms with Crippen LogP contribution in [0.1, 0.15) is 20.3 Å². The van der Waals surface area contributed by atoms with E-state index < -0.39 is 12.1 Å². The Labute approximate surface area is 90.4 Å². The number of carboxylic acids is 1. The van der Waals surface area contributed by atoms with Crippen molar-refractivity contribution in [3.05, 3.63) is 0 Å². The smallest absolute Gasteiger partial charge is 0.547 e. The van der Waals surface area contributed by atoms with E-state index in [0.717, 1.165) is 0 Å². The van der Waals surface area contributed by atoms with Crippen molar-refractivity contribution in [1.82, 2.24) is 0 Å². The molecule has 0 spiro atoms. The fourth-order valence-corrected chi connectivity index (χ4v) is 0.456. The third kappa shape index (κ3) is 4.50.